The molecule has 5 nitrogen and oxygen atoms in total. The highest BCUT2D eigenvalue weighted by Crippen LogP contribution is 2.15. The second-order valence-corrected chi connectivity index (χ2v) is 8.82. The van der Waals surface area contributed by atoms with Crippen LogP contribution in [0.3, 0.4) is 0 Å². The van der Waals surface area contributed by atoms with Crippen molar-refractivity contribution in [2.45, 2.75) is 13.1 Å². The Morgan fingerprint density at radius 3 is 2.10 bits per heavy atom. The van der Waals surface area contributed by atoms with Crippen LogP contribution in [0.15, 0.2) is 73.1 Å². The highest BCUT2D eigenvalue weighted by molar-refractivity contribution is 14.1. The third-order valence-electron chi connectivity index (χ3n) is 5.32. The number of carbonyl (C=O) groups is 1. The topological polar surface area (TPSA) is 48.5 Å². The molecule has 0 atom stereocenters. The van der Waals surface area contributed by atoms with Crippen molar-refractivity contribution >= 4 is 34.2 Å². The number of anilines is 1. The molecule has 0 aliphatic carbocycles. The lowest BCUT2D eigenvalue weighted by atomic mass is 10.1. The Kier molecular flexibility index (Phi) is 7.09. The summed E-state index contributed by atoms with van der Waals surface area (Å²) < 4.78 is 1.15. The molecule has 1 saturated heterocycles. The maximum Gasteiger partial charge on any atom is 0.255 e. The number of pyridine rings is 1. The summed E-state index contributed by atoms with van der Waals surface area (Å²) in [5.74, 6) is -0.0771. The Hall–Kier alpha value is -2.29. The summed E-state index contributed by atoms with van der Waals surface area (Å²) in [5, 5.41) is 2.95. The minimum atomic E-state index is -0.0771. The zero-order valence-electron chi connectivity index (χ0n) is 16.8. The van der Waals surface area contributed by atoms with Crippen LogP contribution >= 0.6 is 22.6 Å². The number of hydrogen-bond donors (Lipinski definition) is 1. The van der Waals surface area contributed by atoms with E-state index in [9.17, 15) is 4.79 Å². The molecule has 2 aromatic carbocycles. The smallest absolute Gasteiger partial charge is 0.255 e. The van der Waals surface area contributed by atoms with Gasteiger partial charge in [-0.1, -0.05) is 18.2 Å². The monoisotopic (exact) mass is 512 g/mol. The molecule has 1 amide bonds. The number of piperazine rings is 1. The largest absolute Gasteiger partial charge is 0.322 e. The van der Waals surface area contributed by atoms with Crippen LogP contribution in [0.2, 0.25) is 0 Å². The van der Waals surface area contributed by atoms with Gasteiger partial charge in [-0.15, -0.1) is 0 Å². The average Bonchev–Trinajstić information content (AvgIpc) is 2.78. The van der Waals surface area contributed by atoms with E-state index in [1.165, 1.54) is 11.1 Å². The Morgan fingerprint density at radius 2 is 1.50 bits per heavy atom. The van der Waals surface area contributed by atoms with Crippen LogP contribution in [0.1, 0.15) is 21.5 Å². The fourth-order valence-corrected chi connectivity index (χ4v) is 3.97. The van der Waals surface area contributed by atoms with Gasteiger partial charge in [-0.25, -0.2) is 0 Å². The van der Waals surface area contributed by atoms with Crippen LogP contribution in [0, 0.1) is 3.57 Å². The molecule has 0 bridgehead atoms. The summed E-state index contributed by atoms with van der Waals surface area (Å²) in [4.78, 5) is 21.6. The van der Waals surface area contributed by atoms with Gasteiger partial charge in [0.15, 0.2) is 0 Å². The van der Waals surface area contributed by atoms with E-state index in [0.717, 1.165) is 48.5 Å². The molecule has 0 saturated carbocycles. The predicted octanol–water partition coefficient (Wildman–Crippen LogP) is 4.26. The van der Waals surface area contributed by atoms with E-state index >= 15 is 0 Å². The zero-order chi connectivity index (χ0) is 20.8. The van der Waals surface area contributed by atoms with Gasteiger partial charge in [0.2, 0.25) is 0 Å². The number of aromatic nitrogens is 1. The Labute approximate surface area is 191 Å². The number of nitrogens with one attached hydrogen (secondary N) is 1. The molecular formula is C24H25IN4O. The lowest BCUT2D eigenvalue weighted by Gasteiger charge is -2.34. The van der Waals surface area contributed by atoms with Crippen molar-refractivity contribution < 1.29 is 4.79 Å². The molecule has 30 heavy (non-hydrogen) atoms. The number of carbonyl (C=O) groups excluding carboxylic acids is 1. The van der Waals surface area contributed by atoms with Crippen LogP contribution < -0.4 is 5.32 Å². The molecule has 2 heterocycles. The standard InChI is InChI=1S/C24H25IN4O/c25-22-7-9-23(10-8-22)27-24(30)21-5-3-19(4-6-21)17-28-12-14-29(15-13-28)18-20-2-1-11-26-16-20/h1-11,16H,12-15,17-18H2,(H,27,30). The molecule has 0 radical (unpaired) electrons. The van der Waals surface area contributed by atoms with Gasteiger partial charge in [0.25, 0.3) is 5.91 Å². The number of nitrogens with zero attached hydrogens (tertiary/aromatic N) is 3. The van der Waals surface area contributed by atoms with Crippen molar-refractivity contribution in [3.63, 3.8) is 0 Å². The minimum absolute atomic E-state index is 0.0771. The van der Waals surface area contributed by atoms with Gasteiger partial charge in [-0.3, -0.25) is 19.6 Å². The van der Waals surface area contributed by atoms with Gasteiger partial charge in [0.05, 0.1) is 0 Å². The molecule has 1 fully saturated rings. The van der Waals surface area contributed by atoms with Crippen LogP contribution in [0.5, 0.6) is 0 Å². The average molecular weight is 512 g/mol. The first-order chi connectivity index (χ1) is 14.7. The van der Waals surface area contributed by atoms with Gasteiger partial charge >= 0.3 is 0 Å². The number of amides is 1. The summed E-state index contributed by atoms with van der Waals surface area (Å²) in [6.07, 6.45) is 3.77. The lowest BCUT2D eigenvalue weighted by Crippen LogP contribution is -2.45. The SMILES string of the molecule is O=C(Nc1ccc(I)cc1)c1ccc(CN2CCN(Cc3cccnc3)CC2)cc1. The van der Waals surface area contributed by atoms with Crippen LogP contribution in [0.4, 0.5) is 5.69 Å². The highest BCUT2D eigenvalue weighted by Gasteiger charge is 2.17. The van der Waals surface area contributed by atoms with E-state index in [-0.39, 0.29) is 5.91 Å². The van der Waals surface area contributed by atoms with Gasteiger partial charge in [-0.2, -0.15) is 0 Å². The zero-order valence-corrected chi connectivity index (χ0v) is 19.0. The highest BCUT2D eigenvalue weighted by atomic mass is 127. The molecule has 1 aromatic heterocycles. The van der Waals surface area contributed by atoms with Crippen LogP contribution in [0.25, 0.3) is 0 Å². The maximum absolute atomic E-state index is 12.5. The molecule has 0 spiro atoms. The second kappa shape index (κ2) is 10.1. The first kappa shape index (κ1) is 21.0. The van der Waals surface area contributed by atoms with Crippen LogP contribution in [-0.4, -0.2) is 46.9 Å². The van der Waals surface area contributed by atoms with Gasteiger partial charge < -0.3 is 5.32 Å². The molecule has 154 valence electrons. The Balaban J connectivity index is 1.25. The number of benzene rings is 2. The minimum Gasteiger partial charge on any atom is -0.322 e. The molecular weight excluding hydrogens is 487 g/mol. The summed E-state index contributed by atoms with van der Waals surface area (Å²) in [7, 11) is 0. The molecule has 1 aliphatic rings. The predicted molar refractivity (Wildman–Crippen MR) is 128 cm³/mol. The first-order valence-corrected chi connectivity index (χ1v) is 11.2. The van der Waals surface area contributed by atoms with Gasteiger partial charge in [0, 0.05) is 66.5 Å². The Morgan fingerprint density at radius 1 is 0.867 bits per heavy atom. The van der Waals surface area contributed by atoms with E-state index in [4.69, 9.17) is 0 Å². The van der Waals surface area contributed by atoms with Crippen LogP contribution in [-0.2, 0) is 13.1 Å². The summed E-state index contributed by atoms with van der Waals surface area (Å²) in [6, 6.07) is 19.9. The molecule has 0 unspecified atom stereocenters. The number of rotatable bonds is 6. The quantitative estimate of drug-likeness (QED) is 0.502. The second-order valence-electron chi connectivity index (χ2n) is 7.57. The fraction of sp³-hybridized carbons (Fsp3) is 0.250. The van der Waals surface area contributed by atoms with Crippen molar-refractivity contribution in [2.75, 3.05) is 31.5 Å². The summed E-state index contributed by atoms with van der Waals surface area (Å²) in [6.45, 7) is 6.10. The normalized spacial score (nSPS) is 15.1. The molecule has 3 aromatic rings. The van der Waals surface area contributed by atoms with Crippen molar-refractivity contribution in [2.24, 2.45) is 0 Å². The third kappa shape index (κ3) is 5.87. The van der Waals surface area contributed by atoms with E-state index in [2.05, 4.69) is 60.9 Å². The maximum atomic E-state index is 12.5. The Bertz CT molecular complexity index is 953. The first-order valence-electron chi connectivity index (χ1n) is 10.2. The van der Waals surface area contributed by atoms with E-state index < -0.39 is 0 Å². The van der Waals surface area contributed by atoms with E-state index in [0.29, 0.717) is 5.56 Å². The number of halogens is 1. The molecule has 6 heteroatoms. The van der Waals surface area contributed by atoms with Gasteiger partial charge in [0.1, 0.15) is 0 Å². The van der Waals surface area contributed by atoms with Gasteiger partial charge in [-0.05, 0) is 76.2 Å². The van der Waals surface area contributed by atoms with Crippen molar-refractivity contribution in [3.8, 4) is 0 Å². The molecule has 1 aliphatic heterocycles. The van der Waals surface area contributed by atoms with Crippen molar-refractivity contribution in [1.82, 2.24) is 14.8 Å². The molecule has 1 N–H and O–H groups in total. The van der Waals surface area contributed by atoms with Crippen molar-refractivity contribution in [1.29, 1.82) is 0 Å². The summed E-state index contributed by atoms with van der Waals surface area (Å²) >= 11 is 2.25. The fourth-order valence-electron chi connectivity index (χ4n) is 3.61. The van der Waals surface area contributed by atoms with Crippen molar-refractivity contribution in [3.05, 3.63) is 93.3 Å². The third-order valence-corrected chi connectivity index (χ3v) is 6.04. The molecule has 4 rings (SSSR count). The van der Waals surface area contributed by atoms with E-state index in [1.54, 1.807) is 0 Å². The lowest BCUT2D eigenvalue weighted by molar-refractivity contribution is 0.102. The summed E-state index contributed by atoms with van der Waals surface area (Å²) in [5.41, 5.74) is 4.00. The number of hydrogen-bond acceptors (Lipinski definition) is 4. The van der Waals surface area contributed by atoms with E-state index in [1.807, 2.05) is 54.9 Å².